The van der Waals surface area contributed by atoms with E-state index in [-0.39, 0.29) is 12.2 Å². The molecule has 0 heterocycles. The molecule has 0 radical (unpaired) electrons. The van der Waals surface area contributed by atoms with E-state index in [1.807, 2.05) is 4.72 Å². The number of halogens is 3. The molecule has 0 aliphatic heterocycles. The molecule has 0 saturated carbocycles. The Labute approximate surface area is 158 Å². The summed E-state index contributed by atoms with van der Waals surface area (Å²) in [6.45, 7) is -0.957. The highest BCUT2D eigenvalue weighted by Gasteiger charge is 2.31. The molecular weight excluding hydrogens is 401 g/mol. The third kappa shape index (κ3) is 5.79. The number of nitrogens with two attached hydrogens (primary N) is 1. The number of alkyl halides is 3. The standard InChI is InChI=1S/C17H15F3N2O5S/c18-17(19,20)13-2-1-3-14(8-13)28(25,26)22-9-15(23)27-10-11-4-6-12(7-5-11)16(21)24/h1-8,22H,9-10H2,(H2,21,24). The van der Waals surface area contributed by atoms with Gasteiger partial charge in [-0.05, 0) is 35.9 Å². The van der Waals surface area contributed by atoms with Gasteiger partial charge in [0.15, 0.2) is 0 Å². The predicted octanol–water partition coefficient (Wildman–Crippen LogP) is 1.83. The van der Waals surface area contributed by atoms with Crippen LogP contribution in [-0.4, -0.2) is 26.8 Å². The number of amides is 1. The Morgan fingerprint density at radius 2 is 1.71 bits per heavy atom. The van der Waals surface area contributed by atoms with Gasteiger partial charge in [0.1, 0.15) is 13.2 Å². The summed E-state index contributed by atoms with van der Waals surface area (Å²) in [6, 6.07) is 8.99. The van der Waals surface area contributed by atoms with E-state index < -0.39 is 45.1 Å². The Kier molecular flexibility index (Phi) is 6.41. The maximum absolute atomic E-state index is 12.7. The minimum absolute atomic E-state index is 0.191. The molecule has 2 rings (SSSR count). The second kappa shape index (κ2) is 8.40. The minimum atomic E-state index is -4.70. The van der Waals surface area contributed by atoms with Gasteiger partial charge in [0.2, 0.25) is 15.9 Å². The van der Waals surface area contributed by atoms with Crippen molar-refractivity contribution in [1.82, 2.24) is 4.72 Å². The molecule has 150 valence electrons. The van der Waals surface area contributed by atoms with Crippen molar-refractivity contribution in [2.75, 3.05) is 6.54 Å². The fraction of sp³-hybridized carbons (Fsp3) is 0.176. The second-order valence-corrected chi connectivity index (χ2v) is 7.34. The number of hydrogen-bond donors (Lipinski definition) is 2. The van der Waals surface area contributed by atoms with Crippen molar-refractivity contribution in [2.24, 2.45) is 5.73 Å². The first-order valence-corrected chi connectivity index (χ1v) is 9.18. The molecular formula is C17H15F3N2O5S. The van der Waals surface area contributed by atoms with Crippen molar-refractivity contribution < 1.29 is 35.9 Å². The minimum Gasteiger partial charge on any atom is -0.460 e. The Hall–Kier alpha value is -2.92. The molecule has 2 aromatic carbocycles. The summed E-state index contributed by atoms with van der Waals surface area (Å²) in [7, 11) is -4.34. The average Bonchev–Trinajstić information content (AvgIpc) is 2.64. The second-order valence-electron chi connectivity index (χ2n) is 5.57. The van der Waals surface area contributed by atoms with Gasteiger partial charge >= 0.3 is 12.1 Å². The molecule has 0 atom stereocenters. The summed E-state index contributed by atoms with van der Waals surface area (Å²) >= 11 is 0. The molecule has 0 fully saturated rings. The van der Waals surface area contributed by atoms with Crippen molar-refractivity contribution >= 4 is 21.9 Å². The zero-order valence-corrected chi connectivity index (χ0v) is 15.0. The average molecular weight is 416 g/mol. The lowest BCUT2D eigenvalue weighted by molar-refractivity contribution is -0.143. The van der Waals surface area contributed by atoms with Gasteiger partial charge in [-0.15, -0.1) is 0 Å². The van der Waals surface area contributed by atoms with Crippen LogP contribution < -0.4 is 10.5 Å². The molecule has 1 amide bonds. The third-order valence-electron chi connectivity index (χ3n) is 3.52. The molecule has 28 heavy (non-hydrogen) atoms. The van der Waals surface area contributed by atoms with Gasteiger partial charge in [-0.2, -0.15) is 17.9 Å². The van der Waals surface area contributed by atoms with E-state index in [0.717, 1.165) is 18.2 Å². The van der Waals surface area contributed by atoms with Gasteiger partial charge in [-0.3, -0.25) is 9.59 Å². The SMILES string of the molecule is NC(=O)c1ccc(COC(=O)CNS(=O)(=O)c2cccc(C(F)(F)F)c2)cc1. The zero-order valence-electron chi connectivity index (χ0n) is 14.2. The fourth-order valence-electron chi connectivity index (χ4n) is 2.06. The van der Waals surface area contributed by atoms with Crippen molar-refractivity contribution in [3.05, 3.63) is 65.2 Å². The lowest BCUT2D eigenvalue weighted by Gasteiger charge is -2.10. The summed E-state index contributed by atoms with van der Waals surface area (Å²) in [4.78, 5) is 22.0. The predicted molar refractivity (Wildman–Crippen MR) is 91.4 cm³/mol. The molecule has 2 aromatic rings. The van der Waals surface area contributed by atoms with Gasteiger partial charge in [0.05, 0.1) is 10.5 Å². The maximum atomic E-state index is 12.7. The maximum Gasteiger partial charge on any atom is 0.416 e. The van der Waals surface area contributed by atoms with Crippen LogP contribution in [0.3, 0.4) is 0 Å². The Balaban J connectivity index is 1.93. The summed E-state index contributed by atoms with van der Waals surface area (Å²) in [5.41, 5.74) is 4.76. The molecule has 0 aliphatic carbocycles. The number of carbonyl (C=O) groups excluding carboxylic acids is 2. The number of carbonyl (C=O) groups is 2. The first kappa shape index (κ1) is 21.4. The highest BCUT2D eigenvalue weighted by molar-refractivity contribution is 7.89. The lowest BCUT2D eigenvalue weighted by atomic mass is 10.1. The molecule has 0 saturated heterocycles. The number of ether oxygens (including phenoxy) is 1. The summed E-state index contributed by atoms with van der Waals surface area (Å²) in [6.07, 6.45) is -4.70. The number of rotatable bonds is 7. The summed E-state index contributed by atoms with van der Waals surface area (Å²) < 4.78 is 68.9. The zero-order chi connectivity index (χ0) is 20.9. The van der Waals surface area contributed by atoms with Crippen LogP contribution >= 0.6 is 0 Å². The molecule has 11 heteroatoms. The van der Waals surface area contributed by atoms with Crippen LogP contribution in [0.4, 0.5) is 13.2 Å². The number of esters is 1. The largest absolute Gasteiger partial charge is 0.460 e. The van der Waals surface area contributed by atoms with Crippen LogP contribution in [-0.2, 0) is 32.3 Å². The van der Waals surface area contributed by atoms with Gasteiger partial charge in [0, 0.05) is 5.56 Å². The van der Waals surface area contributed by atoms with Crippen LogP contribution in [0.5, 0.6) is 0 Å². The molecule has 0 bridgehead atoms. The lowest BCUT2D eigenvalue weighted by Crippen LogP contribution is -2.30. The van der Waals surface area contributed by atoms with Crippen LogP contribution in [0.25, 0.3) is 0 Å². The van der Waals surface area contributed by atoms with E-state index >= 15 is 0 Å². The van der Waals surface area contributed by atoms with Crippen molar-refractivity contribution in [2.45, 2.75) is 17.7 Å². The molecule has 3 N–H and O–H groups in total. The van der Waals surface area contributed by atoms with Crippen molar-refractivity contribution in [1.29, 1.82) is 0 Å². The number of nitrogens with one attached hydrogen (secondary N) is 1. The van der Waals surface area contributed by atoms with E-state index in [9.17, 15) is 31.2 Å². The first-order chi connectivity index (χ1) is 13.0. The van der Waals surface area contributed by atoms with Crippen LogP contribution in [0, 0.1) is 0 Å². The molecule has 7 nitrogen and oxygen atoms in total. The van der Waals surface area contributed by atoms with E-state index in [1.54, 1.807) is 0 Å². The van der Waals surface area contributed by atoms with Crippen molar-refractivity contribution in [3.8, 4) is 0 Å². The van der Waals surface area contributed by atoms with E-state index in [4.69, 9.17) is 10.5 Å². The number of benzene rings is 2. The van der Waals surface area contributed by atoms with Gasteiger partial charge in [0.25, 0.3) is 0 Å². The van der Waals surface area contributed by atoms with E-state index in [1.165, 1.54) is 24.3 Å². The quantitative estimate of drug-likeness (QED) is 0.668. The number of primary amides is 1. The van der Waals surface area contributed by atoms with Crippen LogP contribution in [0.2, 0.25) is 0 Å². The van der Waals surface area contributed by atoms with Gasteiger partial charge < -0.3 is 10.5 Å². The summed E-state index contributed by atoms with van der Waals surface area (Å²) in [5.74, 6) is -1.55. The Bertz CT molecular complexity index is 973. The smallest absolute Gasteiger partial charge is 0.416 e. The molecule has 0 aliphatic rings. The topological polar surface area (TPSA) is 116 Å². The van der Waals surface area contributed by atoms with Gasteiger partial charge in [-0.1, -0.05) is 18.2 Å². The monoisotopic (exact) mass is 416 g/mol. The number of hydrogen-bond acceptors (Lipinski definition) is 5. The van der Waals surface area contributed by atoms with Gasteiger partial charge in [-0.25, -0.2) is 8.42 Å². The normalized spacial score (nSPS) is 11.8. The van der Waals surface area contributed by atoms with E-state index in [0.29, 0.717) is 11.6 Å². The van der Waals surface area contributed by atoms with E-state index in [2.05, 4.69) is 0 Å². The number of sulfonamides is 1. The highest BCUT2D eigenvalue weighted by Crippen LogP contribution is 2.30. The Morgan fingerprint density at radius 1 is 1.07 bits per heavy atom. The fourth-order valence-corrected chi connectivity index (χ4v) is 3.07. The van der Waals surface area contributed by atoms with Crippen LogP contribution in [0.1, 0.15) is 21.5 Å². The third-order valence-corrected chi connectivity index (χ3v) is 4.92. The highest BCUT2D eigenvalue weighted by atomic mass is 32.2. The van der Waals surface area contributed by atoms with Crippen LogP contribution in [0.15, 0.2) is 53.4 Å². The molecule has 0 spiro atoms. The summed E-state index contributed by atoms with van der Waals surface area (Å²) in [5, 5.41) is 0. The molecule has 0 unspecified atom stereocenters. The van der Waals surface area contributed by atoms with Crippen molar-refractivity contribution in [3.63, 3.8) is 0 Å². The first-order valence-electron chi connectivity index (χ1n) is 7.70. The molecule has 0 aromatic heterocycles. The Morgan fingerprint density at radius 3 is 2.29 bits per heavy atom.